The van der Waals surface area contributed by atoms with Gasteiger partial charge in [0.05, 0.1) is 50.1 Å². The lowest BCUT2D eigenvalue weighted by Gasteiger charge is -2.30. The first-order valence-electron chi connectivity index (χ1n) is 19.3. The summed E-state index contributed by atoms with van der Waals surface area (Å²) < 4.78 is 9.49. The minimum atomic E-state index is -0.739. The van der Waals surface area contributed by atoms with Gasteiger partial charge in [-0.1, -0.05) is 64.1 Å². The van der Waals surface area contributed by atoms with Crippen molar-refractivity contribution in [3.05, 3.63) is 83.7 Å². The molecular weight excluding hydrogens is 731 g/mol. The van der Waals surface area contributed by atoms with Crippen molar-refractivity contribution in [1.82, 2.24) is 40.4 Å². The van der Waals surface area contributed by atoms with E-state index in [1.165, 1.54) is 14.2 Å². The van der Waals surface area contributed by atoms with E-state index in [0.717, 1.165) is 30.5 Å². The van der Waals surface area contributed by atoms with Gasteiger partial charge in [-0.15, -0.1) is 0 Å². The van der Waals surface area contributed by atoms with Crippen LogP contribution in [0, 0.1) is 11.8 Å². The molecule has 2 aliphatic rings. The van der Waals surface area contributed by atoms with Crippen molar-refractivity contribution in [2.45, 2.75) is 77.5 Å². The van der Waals surface area contributed by atoms with Crippen molar-refractivity contribution in [3.8, 4) is 11.3 Å². The Morgan fingerprint density at radius 1 is 0.719 bits per heavy atom. The van der Waals surface area contributed by atoms with Crippen LogP contribution in [0.2, 0.25) is 0 Å². The lowest BCUT2D eigenvalue weighted by Crippen LogP contribution is -2.51. The summed E-state index contributed by atoms with van der Waals surface area (Å²) in [4.78, 5) is 84.3. The van der Waals surface area contributed by atoms with E-state index < -0.39 is 24.3 Å². The van der Waals surface area contributed by atoms with Gasteiger partial charge in [0.1, 0.15) is 29.6 Å². The van der Waals surface area contributed by atoms with Gasteiger partial charge in [-0.3, -0.25) is 14.4 Å². The Balaban J connectivity index is 1.13. The van der Waals surface area contributed by atoms with E-state index in [-0.39, 0.29) is 41.5 Å². The number of likely N-dealkylation sites (tertiary alicyclic amines) is 2. The zero-order chi connectivity index (χ0) is 40.8. The van der Waals surface area contributed by atoms with E-state index in [4.69, 9.17) is 9.47 Å². The number of nitrogens with zero attached hydrogens (tertiary/aromatic N) is 4. The standard InChI is InChI=1S/C41H51N9O7/c1-23(2)33(47-40(54)56-5)38(52)49-19-9-13-30(49)36-42-21-29(45-36)25-15-17-26(18-16-25)35(51)27-11-7-8-12-28(27)44-32-22-43-37(46-32)31-14-10-20-50(31)39(53)34(24(3)4)48-41(55)57-6/h7-8,11-12,15-18,21-24,30-31,33-34,44H,9-10,13-14,19-20H2,1-6H3,(H,42,45)(H,43,46)(H,47,54)(H,48,55). The second-order valence-corrected chi connectivity index (χ2v) is 15.0. The molecule has 4 amide bonds. The molecule has 302 valence electrons. The third-order valence-electron chi connectivity index (χ3n) is 10.6. The Labute approximate surface area is 331 Å². The Morgan fingerprint density at radius 3 is 1.79 bits per heavy atom. The minimum Gasteiger partial charge on any atom is -0.453 e. The highest BCUT2D eigenvalue weighted by Crippen LogP contribution is 2.34. The first-order valence-corrected chi connectivity index (χ1v) is 19.3. The number of anilines is 2. The smallest absolute Gasteiger partial charge is 0.407 e. The molecule has 0 spiro atoms. The monoisotopic (exact) mass is 781 g/mol. The molecule has 2 fully saturated rings. The quantitative estimate of drug-likeness (QED) is 0.102. The van der Waals surface area contributed by atoms with Gasteiger partial charge >= 0.3 is 12.2 Å². The number of ketones is 1. The van der Waals surface area contributed by atoms with E-state index >= 15 is 0 Å². The van der Waals surface area contributed by atoms with Gasteiger partial charge < -0.3 is 45.2 Å². The van der Waals surface area contributed by atoms with Crippen molar-refractivity contribution in [3.63, 3.8) is 0 Å². The molecule has 4 unspecified atom stereocenters. The normalized spacial score (nSPS) is 17.7. The Hall–Kier alpha value is -6.19. The van der Waals surface area contributed by atoms with Gasteiger partial charge in [0.25, 0.3) is 0 Å². The van der Waals surface area contributed by atoms with Gasteiger partial charge in [-0.05, 0) is 55.2 Å². The average Bonchev–Trinajstić information content (AvgIpc) is 4.05. The van der Waals surface area contributed by atoms with Crippen LogP contribution in [0.5, 0.6) is 0 Å². The molecule has 5 N–H and O–H groups in total. The molecule has 0 aliphatic carbocycles. The van der Waals surface area contributed by atoms with E-state index in [1.54, 1.807) is 46.5 Å². The topological polar surface area (TPSA) is 204 Å². The molecule has 0 bridgehead atoms. The van der Waals surface area contributed by atoms with Gasteiger partial charge in [-0.25, -0.2) is 19.6 Å². The number of hydrogen-bond acceptors (Lipinski definition) is 10. The van der Waals surface area contributed by atoms with Crippen LogP contribution >= 0.6 is 0 Å². The number of nitrogens with one attached hydrogen (secondary N) is 5. The molecule has 2 aromatic heterocycles. The summed E-state index contributed by atoms with van der Waals surface area (Å²) in [5, 5.41) is 8.64. The number of aromatic nitrogens is 4. The number of carbonyl (C=O) groups is 5. The molecule has 16 heteroatoms. The highest BCUT2D eigenvalue weighted by atomic mass is 16.5. The molecule has 57 heavy (non-hydrogen) atoms. The van der Waals surface area contributed by atoms with Crippen molar-refractivity contribution < 1.29 is 33.4 Å². The summed E-state index contributed by atoms with van der Waals surface area (Å²) in [6, 6.07) is 12.4. The molecule has 2 aliphatic heterocycles. The van der Waals surface area contributed by atoms with Crippen LogP contribution in [-0.2, 0) is 19.1 Å². The summed E-state index contributed by atoms with van der Waals surface area (Å²) in [6.45, 7) is 8.58. The predicted octanol–water partition coefficient (Wildman–Crippen LogP) is 5.86. The number of amides is 4. The fourth-order valence-electron chi connectivity index (χ4n) is 7.50. The molecule has 0 saturated carbocycles. The molecule has 2 aromatic carbocycles. The van der Waals surface area contributed by atoms with Gasteiger partial charge in [0, 0.05) is 24.2 Å². The molecule has 4 atom stereocenters. The van der Waals surface area contributed by atoms with Crippen LogP contribution in [0.25, 0.3) is 11.3 Å². The predicted molar refractivity (Wildman–Crippen MR) is 211 cm³/mol. The fraction of sp³-hybridized carbons (Fsp3) is 0.439. The van der Waals surface area contributed by atoms with Crippen molar-refractivity contribution >= 4 is 41.3 Å². The second kappa shape index (κ2) is 17.7. The highest BCUT2D eigenvalue weighted by molar-refractivity contribution is 6.12. The van der Waals surface area contributed by atoms with E-state index in [1.807, 2.05) is 52.0 Å². The maximum absolute atomic E-state index is 13.9. The molecule has 6 rings (SSSR count). The van der Waals surface area contributed by atoms with Gasteiger partial charge in [-0.2, -0.15) is 0 Å². The summed E-state index contributed by atoms with van der Waals surface area (Å²) in [5.74, 6) is 0.975. The third-order valence-corrected chi connectivity index (χ3v) is 10.6. The number of alkyl carbamates (subject to hydrolysis) is 2. The third kappa shape index (κ3) is 8.95. The first-order chi connectivity index (χ1) is 27.4. The molecule has 4 aromatic rings. The first kappa shape index (κ1) is 40.5. The SMILES string of the molecule is COC(=O)NC(C(=O)N1CCCC1c1ncc(Nc2ccccc2C(=O)c2ccc(-c3cnc(C4CCCN4C(=O)C(NC(=O)OC)C(C)C)[nH]3)cc2)[nH]1)C(C)C. The number of hydrogen-bond donors (Lipinski definition) is 5. The van der Waals surface area contributed by atoms with Crippen LogP contribution in [0.4, 0.5) is 21.1 Å². The minimum absolute atomic E-state index is 0.137. The number of aromatic amines is 2. The lowest BCUT2D eigenvalue weighted by atomic mass is 10.00. The van der Waals surface area contributed by atoms with Crippen molar-refractivity contribution in [2.24, 2.45) is 11.8 Å². The number of methoxy groups -OCH3 is 2. The Morgan fingerprint density at radius 2 is 1.25 bits per heavy atom. The largest absolute Gasteiger partial charge is 0.453 e. The van der Waals surface area contributed by atoms with Gasteiger partial charge in [0.15, 0.2) is 5.78 Å². The summed E-state index contributed by atoms with van der Waals surface area (Å²) in [7, 11) is 2.54. The van der Waals surface area contributed by atoms with Crippen LogP contribution in [0.3, 0.4) is 0 Å². The van der Waals surface area contributed by atoms with Crippen LogP contribution in [-0.4, -0.2) is 98.9 Å². The molecule has 16 nitrogen and oxygen atoms in total. The number of carbonyl (C=O) groups excluding carboxylic acids is 5. The van der Waals surface area contributed by atoms with Crippen LogP contribution in [0.1, 0.15) is 93.0 Å². The Kier molecular flexibility index (Phi) is 12.6. The Bertz CT molecular complexity index is 2080. The zero-order valence-corrected chi connectivity index (χ0v) is 33.1. The number of ether oxygens (including phenoxy) is 2. The molecule has 4 heterocycles. The van der Waals surface area contributed by atoms with E-state index in [2.05, 4.69) is 35.9 Å². The van der Waals surface area contributed by atoms with E-state index in [0.29, 0.717) is 53.8 Å². The van der Waals surface area contributed by atoms with E-state index in [9.17, 15) is 24.0 Å². The highest BCUT2D eigenvalue weighted by Gasteiger charge is 2.39. The fourth-order valence-corrected chi connectivity index (χ4v) is 7.50. The number of rotatable bonds is 13. The maximum atomic E-state index is 13.9. The summed E-state index contributed by atoms with van der Waals surface area (Å²) in [5.41, 5.74) is 3.10. The van der Waals surface area contributed by atoms with Gasteiger partial charge in [0.2, 0.25) is 11.8 Å². The number of H-pyrrole nitrogens is 2. The van der Waals surface area contributed by atoms with Crippen molar-refractivity contribution in [2.75, 3.05) is 32.6 Å². The molecule has 0 radical (unpaired) electrons. The maximum Gasteiger partial charge on any atom is 0.407 e. The number of benzene rings is 2. The zero-order valence-electron chi connectivity index (χ0n) is 33.1. The summed E-state index contributed by atoms with van der Waals surface area (Å²) >= 11 is 0. The lowest BCUT2D eigenvalue weighted by molar-refractivity contribution is -0.136. The summed E-state index contributed by atoms with van der Waals surface area (Å²) in [6.07, 6.45) is 5.09. The number of para-hydroxylation sites is 1. The molecule has 2 saturated heterocycles. The van der Waals surface area contributed by atoms with Crippen LogP contribution in [0.15, 0.2) is 60.9 Å². The molecular formula is C41H51N9O7. The second-order valence-electron chi connectivity index (χ2n) is 15.0. The van der Waals surface area contributed by atoms with Crippen LogP contribution < -0.4 is 16.0 Å². The van der Waals surface area contributed by atoms with Crippen molar-refractivity contribution in [1.29, 1.82) is 0 Å². The number of imidazole rings is 2. The average molecular weight is 782 g/mol.